The van der Waals surface area contributed by atoms with Gasteiger partial charge in [0.15, 0.2) is 0 Å². The lowest BCUT2D eigenvalue weighted by atomic mass is 10.1. The van der Waals surface area contributed by atoms with Crippen LogP contribution < -0.4 is 10.6 Å². The third kappa shape index (κ3) is 3.30. The summed E-state index contributed by atoms with van der Waals surface area (Å²) < 4.78 is 0. The Morgan fingerprint density at radius 3 is 2.65 bits per heavy atom. The fourth-order valence-corrected chi connectivity index (χ4v) is 2.35. The molecular weight excluding hydrogens is 212 g/mol. The van der Waals surface area contributed by atoms with E-state index < -0.39 is 0 Å². The molecule has 3 heteroatoms. The van der Waals surface area contributed by atoms with Crippen molar-refractivity contribution >= 4 is 5.91 Å². The van der Waals surface area contributed by atoms with Crippen LogP contribution in [-0.4, -0.2) is 25.0 Å². The average molecular weight is 232 g/mol. The lowest BCUT2D eigenvalue weighted by Gasteiger charge is -2.12. The minimum Gasteiger partial charge on any atom is -0.350 e. The Labute approximate surface area is 103 Å². The zero-order valence-corrected chi connectivity index (χ0v) is 10.5. The number of hydrogen-bond acceptors (Lipinski definition) is 2. The van der Waals surface area contributed by atoms with Gasteiger partial charge >= 0.3 is 0 Å². The van der Waals surface area contributed by atoms with Crippen LogP contribution in [0.3, 0.4) is 0 Å². The third-order valence-corrected chi connectivity index (χ3v) is 3.16. The van der Waals surface area contributed by atoms with E-state index in [1.807, 2.05) is 26.0 Å². The first-order chi connectivity index (χ1) is 8.15. The van der Waals surface area contributed by atoms with Gasteiger partial charge in [0.05, 0.1) is 0 Å². The fourth-order valence-electron chi connectivity index (χ4n) is 2.35. The zero-order chi connectivity index (χ0) is 12.3. The van der Waals surface area contributed by atoms with Crippen molar-refractivity contribution in [3.63, 3.8) is 0 Å². The molecule has 2 N–H and O–H groups in total. The van der Waals surface area contributed by atoms with Gasteiger partial charge in [0.1, 0.15) is 0 Å². The monoisotopic (exact) mass is 232 g/mol. The lowest BCUT2D eigenvalue weighted by molar-refractivity contribution is 0.0950. The van der Waals surface area contributed by atoms with E-state index in [9.17, 15) is 4.79 Å². The largest absolute Gasteiger partial charge is 0.350 e. The molecule has 1 aliphatic rings. The molecule has 1 aromatic rings. The molecule has 92 valence electrons. The minimum absolute atomic E-state index is 0.0329. The molecular formula is C14H20N2O. The number of carbonyl (C=O) groups excluding carboxylic acids is 1. The van der Waals surface area contributed by atoms with Gasteiger partial charge in [0, 0.05) is 18.2 Å². The van der Waals surface area contributed by atoms with Gasteiger partial charge in [-0.2, -0.15) is 0 Å². The second kappa shape index (κ2) is 5.32. The summed E-state index contributed by atoms with van der Waals surface area (Å²) in [6.45, 7) is 5.83. The summed E-state index contributed by atoms with van der Waals surface area (Å²) in [6, 6.07) is 6.40. The van der Waals surface area contributed by atoms with Crippen LogP contribution in [0.2, 0.25) is 0 Å². The molecule has 1 aromatic carbocycles. The molecule has 0 aliphatic carbocycles. The molecule has 0 spiro atoms. The summed E-state index contributed by atoms with van der Waals surface area (Å²) in [5.74, 6) is 0.0329. The van der Waals surface area contributed by atoms with Crippen molar-refractivity contribution < 1.29 is 4.79 Å². The van der Waals surface area contributed by atoms with E-state index in [1.165, 1.54) is 6.42 Å². The predicted octanol–water partition coefficient (Wildman–Crippen LogP) is 1.79. The lowest BCUT2D eigenvalue weighted by Crippen LogP contribution is -2.37. The molecule has 1 heterocycles. The average Bonchev–Trinajstić information content (AvgIpc) is 2.77. The number of amides is 1. The Kier molecular flexibility index (Phi) is 3.79. The van der Waals surface area contributed by atoms with Crippen LogP contribution in [0.1, 0.15) is 34.3 Å². The standard InChI is InChI=1S/C14H20N2O/c1-10-6-11(2)8-12(7-10)14(17)16-9-13-4-3-5-15-13/h6-8,13,15H,3-5,9H2,1-2H3,(H,16,17). The highest BCUT2D eigenvalue weighted by atomic mass is 16.1. The number of carbonyl (C=O) groups is 1. The van der Waals surface area contributed by atoms with Crippen molar-refractivity contribution in [2.75, 3.05) is 13.1 Å². The van der Waals surface area contributed by atoms with E-state index >= 15 is 0 Å². The molecule has 3 nitrogen and oxygen atoms in total. The molecule has 0 radical (unpaired) electrons. The second-order valence-corrected chi connectivity index (χ2v) is 4.88. The van der Waals surface area contributed by atoms with E-state index in [-0.39, 0.29) is 5.91 Å². The van der Waals surface area contributed by atoms with Crippen LogP contribution >= 0.6 is 0 Å². The highest BCUT2D eigenvalue weighted by molar-refractivity contribution is 5.94. The van der Waals surface area contributed by atoms with Crippen LogP contribution in [-0.2, 0) is 0 Å². The van der Waals surface area contributed by atoms with Crippen LogP contribution in [0.5, 0.6) is 0 Å². The summed E-state index contributed by atoms with van der Waals surface area (Å²) in [5.41, 5.74) is 3.03. The van der Waals surface area contributed by atoms with Gasteiger partial charge in [-0.05, 0) is 45.4 Å². The second-order valence-electron chi connectivity index (χ2n) is 4.88. The van der Waals surface area contributed by atoms with Crippen LogP contribution in [0.25, 0.3) is 0 Å². The van der Waals surface area contributed by atoms with Gasteiger partial charge in [-0.15, -0.1) is 0 Å². The Bertz CT molecular complexity index is 388. The maximum atomic E-state index is 12.0. The molecule has 1 amide bonds. The van der Waals surface area contributed by atoms with Crippen molar-refractivity contribution in [1.29, 1.82) is 0 Å². The van der Waals surface area contributed by atoms with Crippen LogP contribution in [0, 0.1) is 13.8 Å². The first kappa shape index (κ1) is 12.1. The summed E-state index contributed by atoms with van der Waals surface area (Å²) in [6.07, 6.45) is 2.37. The molecule has 2 rings (SSSR count). The van der Waals surface area contributed by atoms with Gasteiger partial charge < -0.3 is 10.6 Å². The maximum Gasteiger partial charge on any atom is 0.251 e. The Balaban J connectivity index is 1.94. The number of aryl methyl sites for hydroxylation is 2. The number of hydrogen-bond donors (Lipinski definition) is 2. The van der Waals surface area contributed by atoms with Gasteiger partial charge in [-0.25, -0.2) is 0 Å². The predicted molar refractivity (Wildman–Crippen MR) is 69.3 cm³/mol. The SMILES string of the molecule is Cc1cc(C)cc(C(=O)NCC2CCCN2)c1. The summed E-state index contributed by atoms with van der Waals surface area (Å²) in [7, 11) is 0. The van der Waals surface area contributed by atoms with Crippen molar-refractivity contribution in [3.8, 4) is 0 Å². The quantitative estimate of drug-likeness (QED) is 0.834. The first-order valence-electron chi connectivity index (χ1n) is 6.25. The molecule has 1 aliphatic heterocycles. The van der Waals surface area contributed by atoms with Crippen LogP contribution in [0.15, 0.2) is 18.2 Å². The molecule has 1 saturated heterocycles. The molecule has 0 bridgehead atoms. The third-order valence-electron chi connectivity index (χ3n) is 3.16. The minimum atomic E-state index is 0.0329. The van der Waals surface area contributed by atoms with Crippen LogP contribution in [0.4, 0.5) is 0 Å². The van der Waals surface area contributed by atoms with E-state index in [0.717, 1.165) is 36.2 Å². The number of rotatable bonds is 3. The van der Waals surface area contributed by atoms with Crippen molar-refractivity contribution in [1.82, 2.24) is 10.6 Å². The molecule has 0 saturated carbocycles. The van der Waals surface area contributed by atoms with Crippen molar-refractivity contribution in [2.45, 2.75) is 32.7 Å². The van der Waals surface area contributed by atoms with E-state index in [0.29, 0.717) is 6.04 Å². The van der Waals surface area contributed by atoms with Gasteiger partial charge in [0.25, 0.3) is 5.91 Å². The molecule has 1 fully saturated rings. The van der Waals surface area contributed by atoms with Crippen molar-refractivity contribution in [3.05, 3.63) is 34.9 Å². The first-order valence-corrected chi connectivity index (χ1v) is 6.25. The summed E-state index contributed by atoms with van der Waals surface area (Å²) in [4.78, 5) is 12.0. The summed E-state index contributed by atoms with van der Waals surface area (Å²) in [5, 5.41) is 6.37. The fraction of sp³-hybridized carbons (Fsp3) is 0.500. The molecule has 0 aromatic heterocycles. The number of benzene rings is 1. The van der Waals surface area contributed by atoms with E-state index in [4.69, 9.17) is 0 Å². The molecule has 1 atom stereocenters. The topological polar surface area (TPSA) is 41.1 Å². The van der Waals surface area contributed by atoms with Gasteiger partial charge in [-0.3, -0.25) is 4.79 Å². The van der Waals surface area contributed by atoms with Gasteiger partial charge in [-0.1, -0.05) is 17.2 Å². The summed E-state index contributed by atoms with van der Waals surface area (Å²) >= 11 is 0. The van der Waals surface area contributed by atoms with Crippen molar-refractivity contribution in [2.24, 2.45) is 0 Å². The highest BCUT2D eigenvalue weighted by Crippen LogP contribution is 2.09. The Morgan fingerprint density at radius 2 is 2.06 bits per heavy atom. The smallest absolute Gasteiger partial charge is 0.251 e. The highest BCUT2D eigenvalue weighted by Gasteiger charge is 2.15. The van der Waals surface area contributed by atoms with Gasteiger partial charge in [0.2, 0.25) is 0 Å². The Hall–Kier alpha value is -1.35. The molecule has 1 unspecified atom stereocenters. The normalized spacial score (nSPS) is 19.3. The zero-order valence-electron chi connectivity index (χ0n) is 10.5. The van der Waals surface area contributed by atoms with E-state index in [2.05, 4.69) is 16.7 Å². The Morgan fingerprint density at radius 1 is 1.35 bits per heavy atom. The maximum absolute atomic E-state index is 12.0. The number of nitrogens with one attached hydrogen (secondary N) is 2. The van der Waals surface area contributed by atoms with E-state index in [1.54, 1.807) is 0 Å². The molecule has 17 heavy (non-hydrogen) atoms.